The van der Waals surface area contributed by atoms with Gasteiger partial charge in [0, 0.05) is 17.0 Å². The monoisotopic (exact) mass is 423 g/mol. The van der Waals surface area contributed by atoms with Crippen LogP contribution in [0.5, 0.6) is 0 Å². The summed E-state index contributed by atoms with van der Waals surface area (Å²) < 4.78 is 0. The molecule has 2 aromatic heterocycles. The van der Waals surface area contributed by atoms with Crippen molar-refractivity contribution in [2.75, 3.05) is 5.43 Å². The van der Waals surface area contributed by atoms with Crippen LogP contribution in [0.4, 0.5) is 11.5 Å². The van der Waals surface area contributed by atoms with Gasteiger partial charge < -0.3 is 0 Å². The van der Waals surface area contributed by atoms with Crippen LogP contribution in [-0.2, 0) is 12.8 Å². The van der Waals surface area contributed by atoms with Gasteiger partial charge in [0.25, 0.3) is 5.69 Å². The molecule has 3 aromatic rings. The van der Waals surface area contributed by atoms with E-state index in [0.29, 0.717) is 17.2 Å². The number of nitro groups is 1. The number of aromatic nitrogens is 2. The summed E-state index contributed by atoms with van der Waals surface area (Å²) in [5.41, 5.74) is 5.58. The molecule has 30 heavy (non-hydrogen) atoms. The molecule has 0 spiro atoms. The molecule has 0 bridgehead atoms. The highest BCUT2D eigenvalue weighted by atomic mass is 32.1. The van der Waals surface area contributed by atoms with Crippen molar-refractivity contribution < 1.29 is 4.92 Å². The third kappa shape index (κ3) is 3.92. The maximum absolute atomic E-state index is 10.8. The number of anilines is 1. The van der Waals surface area contributed by atoms with Gasteiger partial charge in [-0.15, -0.1) is 11.3 Å². The summed E-state index contributed by atoms with van der Waals surface area (Å²) >= 11 is 1.76. The van der Waals surface area contributed by atoms with E-state index in [1.165, 1.54) is 29.0 Å². The summed E-state index contributed by atoms with van der Waals surface area (Å²) in [6.45, 7) is 6.99. The maximum atomic E-state index is 10.8. The molecule has 1 aliphatic carbocycles. The molecule has 4 rings (SSSR count). The van der Waals surface area contributed by atoms with Crippen molar-refractivity contribution in [2.45, 2.75) is 46.5 Å². The van der Waals surface area contributed by atoms with E-state index in [2.05, 4.69) is 41.3 Å². The zero-order valence-corrected chi connectivity index (χ0v) is 18.2. The van der Waals surface area contributed by atoms with Crippen LogP contribution >= 0.6 is 11.3 Å². The van der Waals surface area contributed by atoms with Crippen molar-refractivity contribution in [1.29, 1.82) is 0 Å². The number of aryl methyl sites for hydroxylation is 1. The van der Waals surface area contributed by atoms with Crippen molar-refractivity contribution in [1.82, 2.24) is 9.97 Å². The number of nitro benzene ring substituents is 1. The number of nitrogens with one attached hydrogen (secondary N) is 1. The molecule has 1 aromatic carbocycles. The summed E-state index contributed by atoms with van der Waals surface area (Å²) in [7, 11) is 0. The molecule has 0 saturated carbocycles. The number of nitrogens with zero attached hydrogens (tertiary/aromatic N) is 4. The predicted molar refractivity (Wildman–Crippen MR) is 121 cm³/mol. The lowest BCUT2D eigenvalue weighted by atomic mass is 9.69. The minimum Gasteiger partial charge on any atom is -0.261 e. The Kier molecular flexibility index (Phi) is 5.51. The predicted octanol–water partition coefficient (Wildman–Crippen LogP) is 5.59. The lowest BCUT2D eigenvalue weighted by Gasteiger charge is -2.36. The Bertz CT molecular complexity index is 1100. The van der Waals surface area contributed by atoms with E-state index >= 15 is 0 Å². The molecule has 0 radical (unpaired) electrons. The second kappa shape index (κ2) is 8.10. The van der Waals surface area contributed by atoms with E-state index < -0.39 is 4.92 Å². The minimum atomic E-state index is -0.413. The van der Waals surface area contributed by atoms with Gasteiger partial charge in [-0.05, 0) is 53.9 Å². The fourth-order valence-electron chi connectivity index (χ4n) is 4.00. The van der Waals surface area contributed by atoms with Crippen LogP contribution in [0, 0.1) is 21.4 Å². The maximum Gasteiger partial charge on any atom is 0.269 e. The molecule has 0 aliphatic heterocycles. The smallest absolute Gasteiger partial charge is 0.261 e. The lowest BCUT2D eigenvalue weighted by Crippen LogP contribution is -2.28. The Morgan fingerprint density at radius 1 is 1.33 bits per heavy atom. The van der Waals surface area contributed by atoms with Crippen LogP contribution in [-0.4, -0.2) is 21.1 Å². The van der Waals surface area contributed by atoms with Crippen molar-refractivity contribution in [3.05, 3.63) is 56.7 Å². The van der Waals surface area contributed by atoms with Crippen molar-refractivity contribution in [3.63, 3.8) is 0 Å². The quantitative estimate of drug-likeness (QED) is 0.317. The van der Waals surface area contributed by atoms with Crippen molar-refractivity contribution in [2.24, 2.45) is 16.4 Å². The Morgan fingerprint density at radius 2 is 2.10 bits per heavy atom. The van der Waals surface area contributed by atoms with Gasteiger partial charge in [-0.1, -0.05) is 27.2 Å². The van der Waals surface area contributed by atoms with Crippen LogP contribution in [0.3, 0.4) is 0 Å². The molecule has 0 saturated heterocycles. The summed E-state index contributed by atoms with van der Waals surface area (Å²) in [6.07, 6.45) is 7.73. The summed E-state index contributed by atoms with van der Waals surface area (Å²) in [4.78, 5) is 21.7. The molecular weight excluding hydrogens is 398 g/mol. The fraction of sp³-hybridized carbons (Fsp3) is 0.409. The van der Waals surface area contributed by atoms with E-state index in [4.69, 9.17) is 0 Å². The molecule has 1 N–H and O–H groups in total. The first-order valence-corrected chi connectivity index (χ1v) is 11.0. The third-order valence-corrected chi connectivity index (χ3v) is 7.55. The number of hydrazone groups is 1. The van der Waals surface area contributed by atoms with Gasteiger partial charge in [0.1, 0.15) is 11.2 Å². The van der Waals surface area contributed by atoms with Gasteiger partial charge in [-0.25, -0.2) is 9.97 Å². The molecule has 0 fully saturated rings. The largest absolute Gasteiger partial charge is 0.269 e. The highest BCUT2D eigenvalue weighted by molar-refractivity contribution is 7.19. The minimum absolute atomic E-state index is 0.0621. The molecule has 1 atom stereocenters. The number of rotatable bonds is 6. The van der Waals surface area contributed by atoms with E-state index in [-0.39, 0.29) is 5.69 Å². The highest BCUT2D eigenvalue weighted by Crippen LogP contribution is 2.45. The van der Waals surface area contributed by atoms with Gasteiger partial charge in [0.15, 0.2) is 5.82 Å². The lowest BCUT2D eigenvalue weighted by molar-refractivity contribution is -0.384. The molecule has 7 nitrogen and oxygen atoms in total. The van der Waals surface area contributed by atoms with Crippen LogP contribution in [0.1, 0.15) is 49.6 Å². The van der Waals surface area contributed by atoms with Gasteiger partial charge in [-0.3, -0.25) is 15.5 Å². The average Bonchev–Trinajstić information content (AvgIpc) is 3.12. The van der Waals surface area contributed by atoms with Crippen LogP contribution in [0.25, 0.3) is 10.2 Å². The number of hydrogen-bond acceptors (Lipinski definition) is 7. The molecule has 8 heteroatoms. The van der Waals surface area contributed by atoms with E-state index in [0.717, 1.165) is 35.0 Å². The Hall–Kier alpha value is -2.87. The van der Waals surface area contributed by atoms with E-state index in [9.17, 15) is 10.1 Å². The fourth-order valence-corrected chi connectivity index (χ4v) is 5.18. The zero-order valence-electron chi connectivity index (χ0n) is 17.4. The summed E-state index contributed by atoms with van der Waals surface area (Å²) in [5.74, 6) is 1.36. The Labute approximate surface area is 179 Å². The Morgan fingerprint density at radius 3 is 2.80 bits per heavy atom. The number of fused-ring (bicyclic) bond motifs is 3. The summed E-state index contributed by atoms with van der Waals surface area (Å²) in [6, 6.07) is 6.27. The topological polar surface area (TPSA) is 93.3 Å². The second-order valence-electron chi connectivity index (χ2n) is 8.41. The van der Waals surface area contributed by atoms with Crippen molar-refractivity contribution in [3.8, 4) is 0 Å². The molecule has 0 unspecified atom stereocenters. The van der Waals surface area contributed by atoms with Gasteiger partial charge in [-0.2, -0.15) is 5.10 Å². The molecule has 1 aliphatic rings. The Balaban J connectivity index is 1.59. The van der Waals surface area contributed by atoms with Crippen LogP contribution in [0.2, 0.25) is 0 Å². The van der Waals surface area contributed by atoms with Crippen molar-refractivity contribution >= 4 is 39.3 Å². The normalized spacial score (nSPS) is 16.7. The average molecular weight is 424 g/mol. The first-order chi connectivity index (χ1) is 14.4. The number of benzene rings is 1. The SMILES string of the molecule is CCC(C)(C)[C@H]1CCc2sc3ncnc(N/N=C\c4ccc([N+](=O)[O-])cc4)c3c2C1. The first-order valence-electron chi connectivity index (χ1n) is 10.2. The van der Waals surface area contributed by atoms with E-state index in [1.807, 2.05) is 0 Å². The third-order valence-electron chi connectivity index (χ3n) is 6.35. The number of thiophene rings is 1. The van der Waals surface area contributed by atoms with Gasteiger partial charge >= 0.3 is 0 Å². The summed E-state index contributed by atoms with van der Waals surface area (Å²) in [5, 5.41) is 16.2. The number of hydrogen-bond donors (Lipinski definition) is 1. The zero-order chi connectivity index (χ0) is 21.3. The van der Waals surface area contributed by atoms with Crippen LogP contribution < -0.4 is 5.43 Å². The van der Waals surface area contributed by atoms with Gasteiger partial charge in [0.2, 0.25) is 0 Å². The molecule has 0 amide bonds. The van der Waals surface area contributed by atoms with Gasteiger partial charge in [0.05, 0.1) is 16.5 Å². The van der Waals surface area contributed by atoms with E-state index in [1.54, 1.807) is 36.0 Å². The van der Waals surface area contributed by atoms with Crippen LogP contribution in [0.15, 0.2) is 35.7 Å². The number of non-ortho nitro benzene ring substituents is 1. The second-order valence-corrected chi connectivity index (χ2v) is 9.49. The highest BCUT2D eigenvalue weighted by Gasteiger charge is 2.33. The standard InChI is InChI=1S/C22H25N5O2S/c1-4-22(2,3)15-7-10-18-17(11-15)19-20(23-13-24-21(19)30-18)26-25-12-14-5-8-16(9-6-14)27(28)29/h5-6,8-9,12-13,15H,4,7,10-11H2,1-3H3,(H,23,24,26)/b25-12-/t15-/m0/s1. The first kappa shape index (κ1) is 20.4. The molecule has 2 heterocycles. The molecule has 156 valence electrons. The molecular formula is C22H25N5O2S.